The highest BCUT2D eigenvalue weighted by atomic mass is 15.2. The van der Waals surface area contributed by atoms with Crippen molar-refractivity contribution in [2.45, 2.75) is 19.3 Å². The van der Waals surface area contributed by atoms with Gasteiger partial charge < -0.3 is 0 Å². The fourth-order valence-electron chi connectivity index (χ4n) is 7.01. The van der Waals surface area contributed by atoms with Gasteiger partial charge in [0, 0.05) is 27.3 Å². The van der Waals surface area contributed by atoms with E-state index in [-0.39, 0.29) is 5.41 Å². The third-order valence-corrected chi connectivity index (χ3v) is 9.00. The van der Waals surface area contributed by atoms with E-state index in [1.54, 1.807) is 0 Å². The molecule has 0 saturated heterocycles. The zero-order valence-corrected chi connectivity index (χ0v) is 23.3. The molecule has 2 aliphatic heterocycles. The van der Waals surface area contributed by atoms with Gasteiger partial charge in [-0.2, -0.15) is 0 Å². The van der Waals surface area contributed by atoms with E-state index in [1.807, 2.05) is 6.07 Å². The molecule has 0 spiro atoms. The summed E-state index contributed by atoms with van der Waals surface area (Å²) in [5, 5.41) is 3.29. The maximum absolute atomic E-state index is 5.42. The summed E-state index contributed by atoms with van der Waals surface area (Å²) in [5.41, 5.74) is 11.2. The number of nitrogens with zero attached hydrogens (tertiary/aromatic N) is 4. The van der Waals surface area contributed by atoms with Crippen LogP contribution in [-0.4, -0.2) is 19.5 Å². The van der Waals surface area contributed by atoms with Crippen molar-refractivity contribution in [3.8, 4) is 39.7 Å². The molecule has 0 bridgehead atoms. The Bertz CT molecular complexity index is 2340. The molecule has 4 nitrogen and oxygen atoms in total. The van der Waals surface area contributed by atoms with Crippen molar-refractivity contribution in [1.82, 2.24) is 19.5 Å². The van der Waals surface area contributed by atoms with Crippen LogP contribution in [0.2, 0.25) is 0 Å². The Kier molecular flexibility index (Phi) is 4.64. The summed E-state index contributed by atoms with van der Waals surface area (Å²) in [4.78, 5) is 15.7. The predicted octanol–water partition coefficient (Wildman–Crippen LogP) is 9.20. The average Bonchev–Trinajstić information content (AvgIpc) is 3.51. The van der Waals surface area contributed by atoms with Crippen molar-refractivity contribution >= 4 is 32.7 Å². The third kappa shape index (κ3) is 3.09. The molecule has 9 rings (SSSR count). The predicted molar refractivity (Wildman–Crippen MR) is 171 cm³/mol. The van der Waals surface area contributed by atoms with Crippen LogP contribution in [0.15, 0.2) is 121 Å². The lowest BCUT2D eigenvalue weighted by atomic mass is 9.82. The van der Waals surface area contributed by atoms with Gasteiger partial charge in [-0.15, -0.1) is 0 Å². The Balaban J connectivity index is 1.40. The van der Waals surface area contributed by atoms with Crippen molar-refractivity contribution in [1.29, 1.82) is 0 Å². The van der Waals surface area contributed by atoms with Crippen LogP contribution in [0.1, 0.15) is 25.0 Å². The molecule has 1 aromatic heterocycles. The zero-order valence-electron chi connectivity index (χ0n) is 23.3. The number of hydrogen-bond donors (Lipinski definition) is 0. The van der Waals surface area contributed by atoms with Gasteiger partial charge in [-0.1, -0.05) is 111 Å². The number of fused-ring (bicyclic) bond motifs is 8. The third-order valence-electron chi connectivity index (χ3n) is 9.00. The van der Waals surface area contributed by atoms with Gasteiger partial charge in [0.2, 0.25) is 5.95 Å². The Morgan fingerprint density at radius 1 is 0.548 bits per heavy atom. The lowest BCUT2D eigenvalue weighted by molar-refractivity contribution is 0.660. The molecule has 198 valence electrons. The van der Waals surface area contributed by atoms with Crippen molar-refractivity contribution in [2.24, 2.45) is 0 Å². The second kappa shape index (κ2) is 8.34. The first-order chi connectivity index (χ1) is 20.6. The standard InChI is InChI=1S/C38H26N4/c1-38(2)29-17-7-4-14-25(29)34-27(16-11-18-30(34)38)35-26-15-6-9-20-32(26)40-37(41-35)42-33-21-10-3-12-23(33)22-28-24-13-5-8-19-31(24)39-36(28)42/h3-22H,1-2H3. The Labute approximate surface area is 243 Å². The molecule has 6 aromatic rings. The minimum Gasteiger partial charge on any atom is -0.262 e. The lowest BCUT2D eigenvalue weighted by Gasteiger charge is -2.21. The highest BCUT2D eigenvalue weighted by Crippen LogP contribution is 2.52. The summed E-state index contributed by atoms with van der Waals surface area (Å²) in [6, 6.07) is 42.8. The lowest BCUT2D eigenvalue weighted by Crippen LogP contribution is -2.14. The molecule has 1 aliphatic carbocycles. The van der Waals surface area contributed by atoms with E-state index in [2.05, 4.69) is 134 Å². The number of benzene rings is 5. The van der Waals surface area contributed by atoms with Gasteiger partial charge in [0.15, 0.2) is 0 Å². The van der Waals surface area contributed by atoms with Gasteiger partial charge in [0.05, 0.1) is 22.2 Å². The first kappa shape index (κ1) is 23.4. The molecular weight excluding hydrogens is 512 g/mol. The van der Waals surface area contributed by atoms with E-state index < -0.39 is 0 Å². The van der Waals surface area contributed by atoms with Crippen molar-refractivity contribution in [2.75, 3.05) is 0 Å². The fraction of sp³-hybridized carbons (Fsp3) is 0.0789. The molecule has 42 heavy (non-hydrogen) atoms. The van der Waals surface area contributed by atoms with E-state index in [4.69, 9.17) is 15.0 Å². The molecule has 0 N–H and O–H groups in total. The molecule has 0 atom stereocenters. The van der Waals surface area contributed by atoms with E-state index in [0.29, 0.717) is 5.95 Å². The van der Waals surface area contributed by atoms with E-state index in [0.717, 1.165) is 55.4 Å². The Morgan fingerprint density at radius 2 is 1.21 bits per heavy atom. The highest BCUT2D eigenvalue weighted by Gasteiger charge is 2.37. The average molecular weight is 539 g/mol. The van der Waals surface area contributed by atoms with Crippen LogP contribution >= 0.6 is 0 Å². The van der Waals surface area contributed by atoms with Gasteiger partial charge in [-0.05, 0) is 51.9 Å². The SMILES string of the molecule is CC1(C)c2ccccc2-c2c(-c3nc(-n4c5nc6ccccc6c-5cc5ccccc54)nc4ccccc34)cccc21. The normalized spacial score (nSPS) is 13.7. The van der Waals surface area contributed by atoms with Gasteiger partial charge in [0.25, 0.3) is 0 Å². The van der Waals surface area contributed by atoms with E-state index in [9.17, 15) is 0 Å². The monoisotopic (exact) mass is 538 g/mol. The first-order valence-corrected chi connectivity index (χ1v) is 14.4. The number of aromatic nitrogens is 4. The summed E-state index contributed by atoms with van der Waals surface area (Å²) in [6.45, 7) is 4.64. The van der Waals surface area contributed by atoms with Crippen LogP contribution in [-0.2, 0) is 5.41 Å². The molecule has 0 saturated carbocycles. The summed E-state index contributed by atoms with van der Waals surface area (Å²) >= 11 is 0. The van der Waals surface area contributed by atoms with Crippen LogP contribution in [0.4, 0.5) is 0 Å². The highest BCUT2D eigenvalue weighted by molar-refractivity contribution is 6.03. The summed E-state index contributed by atoms with van der Waals surface area (Å²) in [5.74, 6) is 1.48. The van der Waals surface area contributed by atoms with Gasteiger partial charge in [0.1, 0.15) is 5.82 Å². The maximum Gasteiger partial charge on any atom is 0.237 e. The number of hydrogen-bond acceptors (Lipinski definition) is 3. The first-order valence-electron chi connectivity index (χ1n) is 14.4. The molecule has 4 heteroatoms. The second-order valence-electron chi connectivity index (χ2n) is 11.7. The second-order valence-corrected chi connectivity index (χ2v) is 11.7. The molecule has 0 fully saturated rings. The quantitative estimate of drug-likeness (QED) is 0.220. The zero-order chi connectivity index (χ0) is 28.0. The minimum atomic E-state index is -0.0938. The van der Waals surface area contributed by atoms with Crippen LogP contribution in [0, 0.1) is 0 Å². The van der Waals surface area contributed by atoms with Gasteiger partial charge in [-0.25, -0.2) is 15.0 Å². The Morgan fingerprint density at radius 3 is 2.10 bits per heavy atom. The van der Waals surface area contributed by atoms with Crippen LogP contribution in [0.25, 0.3) is 72.4 Å². The summed E-state index contributed by atoms with van der Waals surface area (Å²) in [6.07, 6.45) is 0. The van der Waals surface area contributed by atoms with Crippen molar-refractivity contribution in [3.05, 3.63) is 132 Å². The Hall–Kier alpha value is -5.35. The molecule has 3 aliphatic rings. The van der Waals surface area contributed by atoms with Crippen LogP contribution in [0.3, 0.4) is 0 Å². The van der Waals surface area contributed by atoms with E-state index >= 15 is 0 Å². The molecule has 0 unspecified atom stereocenters. The van der Waals surface area contributed by atoms with Crippen LogP contribution < -0.4 is 0 Å². The number of para-hydroxylation sites is 3. The summed E-state index contributed by atoms with van der Waals surface area (Å²) in [7, 11) is 0. The minimum absolute atomic E-state index is 0.0938. The molecule has 0 radical (unpaired) electrons. The van der Waals surface area contributed by atoms with Gasteiger partial charge in [-0.3, -0.25) is 4.57 Å². The molecule has 3 heterocycles. The van der Waals surface area contributed by atoms with Crippen LogP contribution in [0.5, 0.6) is 0 Å². The molecule has 0 amide bonds. The number of pyridine rings is 1. The smallest absolute Gasteiger partial charge is 0.237 e. The maximum atomic E-state index is 5.42. The molecule has 5 aromatic carbocycles. The summed E-state index contributed by atoms with van der Waals surface area (Å²) < 4.78 is 2.14. The molecular formula is C38H26N4. The largest absolute Gasteiger partial charge is 0.262 e. The van der Waals surface area contributed by atoms with Gasteiger partial charge >= 0.3 is 0 Å². The fourth-order valence-corrected chi connectivity index (χ4v) is 7.01. The number of rotatable bonds is 2. The van der Waals surface area contributed by atoms with Crippen molar-refractivity contribution < 1.29 is 0 Å². The van der Waals surface area contributed by atoms with E-state index in [1.165, 1.54) is 22.3 Å². The van der Waals surface area contributed by atoms with Crippen molar-refractivity contribution in [3.63, 3.8) is 0 Å². The topological polar surface area (TPSA) is 43.6 Å².